The first-order valence-corrected chi connectivity index (χ1v) is 6.45. The number of benzene rings is 2. The summed E-state index contributed by atoms with van der Waals surface area (Å²) in [6.07, 6.45) is 0.888. The van der Waals surface area contributed by atoms with E-state index in [0.29, 0.717) is 0 Å². The quantitative estimate of drug-likeness (QED) is 0.823. The average molecular weight is 274 g/mol. The van der Waals surface area contributed by atoms with E-state index in [1.807, 2.05) is 18.2 Å². The molecular weight excluding hydrogens is 259 g/mol. The van der Waals surface area contributed by atoms with E-state index in [9.17, 15) is 4.39 Å². The van der Waals surface area contributed by atoms with Gasteiger partial charge in [0.25, 0.3) is 0 Å². The SMILES string of the molecule is NC(=S)c1ccc(NCCc2ccccc2)cc1F. The van der Waals surface area contributed by atoms with Gasteiger partial charge >= 0.3 is 0 Å². The van der Waals surface area contributed by atoms with Crippen LogP contribution in [-0.4, -0.2) is 11.5 Å². The summed E-state index contributed by atoms with van der Waals surface area (Å²) in [5.74, 6) is -0.391. The molecule has 0 saturated carbocycles. The number of halogens is 1. The number of thiocarbonyl (C=S) groups is 1. The molecule has 0 aromatic heterocycles. The van der Waals surface area contributed by atoms with Crippen LogP contribution < -0.4 is 11.1 Å². The van der Waals surface area contributed by atoms with Crippen molar-refractivity contribution in [3.8, 4) is 0 Å². The molecule has 0 unspecified atom stereocenters. The van der Waals surface area contributed by atoms with Crippen LogP contribution in [0, 0.1) is 5.82 Å². The van der Waals surface area contributed by atoms with Crippen LogP contribution >= 0.6 is 12.2 Å². The molecule has 0 bridgehead atoms. The van der Waals surface area contributed by atoms with E-state index >= 15 is 0 Å². The van der Waals surface area contributed by atoms with Crippen molar-refractivity contribution in [1.82, 2.24) is 0 Å². The molecule has 2 aromatic carbocycles. The Morgan fingerprint density at radius 2 is 1.89 bits per heavy atom. The lowest BCUT2D eigenvalue weighted by Gasteiger charge is -2.08. The van der Waals surface area contributed by atoms with Gasteiger partial charge < -0.3 is 11.1 Å². The molecule has 4 heteroatoms. The largest absolute Gasteiger partial charge is 0.389 e. The van der Waals surface area contributed by atoms with Crippen LogP contribution in [0.1, 0.15) is 11.1 Å². The Kier molecular flexibility index (Phi) is 4.47. The first kappa shape index (κ1) is 13.5. The maximum atomic E-state index is 13.6. The highest BCUT2D eigenvalue weighted by Gasteiger charge is 2.05. The van der Waals surface area contributed by atoms with Crippen molar-refractivity contribution in [2.75, 3.05) is 11.9 Å². The molecule has 98 valence electrons. The van der Waals surface area contributed by atoms with E-state index in [1.165, 1.54) is 11.6 Å². The molecule has 0 heterocycles. The van der Waals surface area contributed by atoms with Crippen molar-refractivity contribution in [1.29, 1.82) is 0 Å². The van der Waals surface area contributed by atoms with Crippen molar-refractivity contribution in [3.05, 3.63) is 65.5 Å². The third-order valence-electron chi connectivity index (χ3n) is 2.82. The molecule has 2 rings (SSSR count). The van der Waals surface area contributed by atoms with Gasteiger partial charge in [-0.25, -0.2) is 4.39 Å². The summed E-state index contributed by atoms with van der Waals surface area (Å²) in [6, 6.07) is 14.9. The van der Waals surface area contributed by atoms with E-state index in [1.54, 1.807) is 12.1 Å². The van der Waals surface area contributed by atoms with Gasteiger partial charge in [0.1, 0.15) is 10.8 Å². The molecule has 3 N–H and O–H groups in total. The molecule has 0 aliphatic heterocycles. The molecule has 2 aromatic rings. The van der Waals surface area contributed by atoms with Crippen molar-refractivity contribution in [2.24, 2.45) is 5.73 Å². The fourth-order valence-electron chi connectivity index (χ4n) is 1.82. The van der Waals surface area contributed by atoms with Crippen LogP contribution in [-0.2, 0) is 6.42 Å². The molecule has 0 saturated heterocycles. The van der Waals surface area contributed by atoms with E-state index in [-0.39, 0.29) is 10.6 Å². The average Bonchev–Trinajstić information content (AvgIpc) is 2.39. The second-order valence-electron chi connectivity index (χ2n) is 4.22. The normalized spacial score (nSPS) is 10.2. The molecule has 0 amide bonds. The Labute approximate surface area is 117 Å². The minimum absolute atomic E-state index is 0.0772. The third-order valence-corrected chi connectivity index (χ3v) is 3.04. The van der Waals surface area contributed by atoms with Gasteiger partial charge in [-0.05, 0) is 30.2 Å². The van der Waals surface area contributed by atoms with E-state index in [0.717, 1.165) is 18.7 Å². The van der Waals surface area contributed by atoms with Crippen LogP contribution in [0.3, 0.4) is 0 Å². The lowest BCUT2D eigenvalue weighted by molar-refractivity contribution is 0.626. The van der Waals surface area contributed by atoms with E-state index < -0.39 is 5.82 Å². The van der Waals surface area contributed by atoms with Crippen molar-refractivity contribution < 1.29 is 4.39 Å². The Morgan fingerprint density at radius 3 is 2.53 bits per heavy atom. The Bertz CT molecular complexity index is 570. The molecule has 0 aliphatic carbocycles. The van der Waals surface area contributed by atoms with Gasteiger partial charge in [0, 0.05) is 17.8 Å². The van der Waals surface area contributed by atoms with Gasteiger partial charge in [-0.1, -0.05) is 42.5 Å². The minimum Gasteiger partial charge on any atom is -0.389 e. The van der Waals surface area contributed by atoms with Crippen molar-refractivity contribution in [2.45, 2.75) is 6.42 Å². The van der Waals surface area contributed by atoms with Gasteiger partial charge in [0.15, 0.2) is 0 Å². The monoisotopic (exact) mass is 274 g/mol. The lowest BCUT2D eigenvalue weighted by atomic mass is 10.1. The van der Waals surface area contributed by atoms with Crippen molar-refractivity contribution >= 4 is 22.9 Å². The smallest absolute Gasteiger partial charge is 0.135 e. The molecule has 2 nitrogen and oxygen atoms in total. The second-order valence-corrected chi connectivity index (χ2v) is 4.66. The second kappa shape index (κ2) is 6.29. The summed E-state index contributed by atoms with van der Waals surface area (Å²) in [4.78, 5) is 0.0772. The molecule has 0 radical (unpaired) electrons. The lowest BCUT2D eigenvalue weighted by Crippen LogP contribution is -2.12. The number of anilines is 1. The highest BCUT2D eigenvalue weighted by molar-refractivity contribution is 7.80. The molecule has 0 atom stereocenters. The Hall–Kier alpha value is -1.94. The molecule has 0 aliphatic rings. The maximum Gasteiger partial charge on any atom is 0.135 e. The number of nitrogens with one attached hydrogen (secondary N) is 1. The van der Waals surface area contributed by atoms with Gasteiger partial charge in [-0.2, -0.15) is 0 Å². The summed E-state index contributed by atoms with van der Waals surface area (Å²) in [5.41, 5.74) is 7.67. The summed E-state index contributed by atoms with van der Waals surface area (Å²) in [5, 5.41) is 3.18. The number of rotatable bonds is 5. The first-order chi connectivity index (χ1) is 9.16. The predicted octanol–water partition coefficient (Wildman–Crippen LogP) is 3.11. The Morgan fingerprint density at radius 1 is 1.16 bits per heavy atom. The highest BCUT2D eigenvalue weighted by Crippen LogP contribution is 2.14. The molecule has 0 spiro atoms. The summed E-state index contributed by atoms with van der Waals surface area (Å²) < 4.78 is 13.6. The van der Waals surface area contributed by atoms with Gasteiger partial charge in [0.05, 0.1) is 0 Å². The van der Waals surface area contributed by atoms with Crippen LogP contribution in [0.5, 0.6) is 0 Å². The fraction of sp³-hybridized carbons (Fsp3) is 0.133. The van der Waals surface area contributed by atoms with Crippen LogP contribution in [0.2, 0.25) is 0 Å². The standard InChI is InChI=1S/C15H15FN2S/c16-14-10-12(6-7-13(14)15(17)19)18-9-8-11-4-2-1-3-5-11/h1-7,10,18H,8-9H2,(H2,17,19). The number of hydrogen-bond donors (Lipinski definition) is 2. The summed E-state index contributed by atoms with van der Waals surface area (Å²) in [6.45, 7) is 0.746. The highest BCUT2D eigenvalue weighted by atomic mass is 32.1. The molecule has 0 fully saturated rings. The first-order valence-electron chi connectivity index (χ1n) is 6.04. The summed E-state index contributed by atoms with van der Waals surface area (Å²) >= 11 is 4.76. The predicted molar refractivity (Wildman–Crippen MR) is 80.9 cm³/mol. The topological polar surface area (TPSA) is 38.0 Å². The van der Waals surface area contributed by atoms with Crippen LogP contribution in [0.15, 0.2) is 48.5 Å². The zero-order valence-corrected chi connectivity index (χ0v) is 11.2. The van der Waals surface area contributed by atoms with Crippen LogP contribution in [0.25, 0.3) is 0 Å². The van der Waals surface area contributed by atoms with E-state index in [4.69, 9.17) is 18.0 Å². The van der Waals surface area contributed by atoms with E-state index in [2.05, 4.69) is 17.4 Å². The van der Waals surface area contributed by atoms with Crippen LogP contribution in [0.4, 0.5) is 10.1 Å². The van der Waals surface area contributed by atoms with Gasteiger partial charge in [-0.3, -0.25) is 0 Å². The third kappa shape index (κ3) is 3.76. The van der Waals surface area contributed by atoms with Crippen molar-refractivity contribution in [3.63, 3.8) is 0 Å². The van der Waals surface area contributed by atoms with Gasteiger partial charge in [0.2, 0.25) is 0 Å². The zero-order valence-electron chi connectivity index (χ0n) is 10.4. The molecular formula is C15H15FN2S. The maximum absolute atomic E-state index is 13.6. The summed E-state index contributed by atoms with van der Waals surface area (Å²) in [7, 11) is 0. The minimum atomic E-state index is -0.391. The number of nitrogens with two attached hydrogens (primary N) is 1. The van der Waals surface area contributed by atoms with Gasteiger partial charge in [-0.15, -0.1) is 0 Å². The fourth-order valence-corrected chi connectivity index (χ4v) is 1.99. The zero-order chi connectivity index (χ0) is 13.7. The molecule has 19 heavy (non-hydrogen) atoms. The number of hydrogen-bond acceptors (Lipinski definition) is 2. The Balaban J connectivity index is 1.93.